The van der Waals surface area contributed by atoms with Crippen molar-refractivity contribution in [1.29, 1.82) is 0 Å². The lowest BCUT2D eigenvalue weighted by molar-refractivity contribution is 0.549. The Bertz CT molecular complexity index is 572. The van der Waals surface area contributed by atoms with Crippen molar-refractivity contribution >= 4 is 0 Å². The summed E-state index contributed by atoms with van der Waals surface area (Å²) in [5.74, 6) is 0.785. The predicted octanol–water partition coefficient (Wildman–Crippen LogP) is 0.357. The summed E-state index contributed by atoms with van der Waals surface area (Å²) in [6, 6.07) is 3.57. The van der Waals surface area contributed by atoms with Gasteiger partial charge < -0.3 is 10.3 Å². The highest BCUT2D eigenvalue weighted by molar-refractivity contribution is 5.10. The van der Waals surface area contributed by atoms with E-state index < -0.39 is 0 Å². The molecule has 2 rings (SSSR count). The Morgan fingerprint density at radius 1 is 1.44 bits per heavy atom. The van der Waals surface area contributed by atoms with Gasteiger partial charge in [-0.2, -0.15) is 5.10 Å². The van der Waals surface area contributed by atoms with Crippen LogP contribution in [-0.4, -0.2) is 19.3 Å². The van der Waals surface area contributed by atoms with Crippen molar-refractivity contribution in [2.75, 3.05) is 0 Å². The molecule has 0 bridgehead atoms. The summed E-state index contributed by atoms with van der Waals surface area (Å²) in [4.78, 5) is 16.2. The van der Waals surface area contributed by atoms with Crippen LogP contribution in [0.15, 0.2) is 29.5 Å². The third-order valence-corrected chi connectivity index (χ3v) is 2.76. The molecule has 0 unspecified atom stereocenters. The smallest absolute Gasteiger partial charge is 0.255 e. The summed E-state index contributed by atoms with van der Waals surface area (Å²) in [5.41, 5.74) is 6.07. The molecule has 2 N–H and O–H groups in total. The summed E-state index contributed by atoms with van der Waals surface area (Å²) < 4.78 is 3.43. The van der Waals surface area contributed by atoms with E-state index in [4.69, 9.17) is 5.73 Å². The average molecular weight is 247 g/mol. The Morgan fingerprint density at radius 2 is 2.28 bits per heavy atom. The molecule has 18 heavy (non-hydrogen) atoms. The van der Waals surface area contributed by atoms with Crippen molar-refractivity contribution in [2.45, 2.75) is 33.0 Å². The fraction of sp³-hybridized carbons (Fsp3) is 0.417. The summed E-state index contributed by atoms with van der Waals surface area (Å²) >= 11 is 0. The molecule has 0 atom stereocenters. The molecule has 0 spiro atoms. The second-order valence-corrected chi connectivity index (χ2v) is 4.07. The first-order chi connectivity index (χ1) is 8.76. The molecule has 2 heterocycles. The van der Waals surface area contributed by atoms with Crippen LogP contribution in [0.4, 0.5) is 0 Å². The molecular formula is C12H17N5O. The third-order valence-electron chi connectivity index (χ3n) is 2.76. The summed E-state index contributed by atoms with van der Waals surface area (Å²) in [5, 5.41) is 4.14. The maximum Gasteiger partial charge on any atom is 0.255 e. The van der Waals surface area contributed by atoms with Gasteiger partial charge in [-0.1, -0.05) is 13.0 Å². The lowest BCUT2D eigenvalue weighted by Crippen LogP contribution is -2.26. The van der Waals surface area contributed by atoms with Gasteiger partial charge >= 0.3 is 0 Å². The van der Waals surface area contributed by atoms with E-state index in [9.17, 15) is 4.79 Å². The topological polar surface area (TPSA) is 78.7 Å². The van der Waals surface area contributed by atoms with E-state index in [2.05, 4.69) is 17.0 Å². The molecule has 6 nitrogen and oxygen atoms in total. The average Bonchev–Trinajstić information content (AvgIpc) is 2.80. The fourth-order valence-electron chi connectivity index (χ4n) is 1.83. The van der Waals surface area contributed by atoms with E-state index in [0.29, 0.717) is 12.1 Å². The fourth-order valence-corrected chi connectivity index (χ4v) is 1.83. The normalized spacial score (nSPS) is 10.8. The molecule has 0 amide bonds. The lowest BCUT2D eigenvalue weighted by Gasteiger charge is -2.08. The van der Waals surface area contributed by atoms with Gasteiger partial charge in [0.25, 0.3) is 5.56 Å². The third kappa shape index (κ3) is 2.48. The molecule has 2 aromatic rings. The van der Waals surface area contributed by atoms with Gasteiger partial charge in [0, 0.05) is 24.8 Å². The zero-order valence-electron chi connectivity index (χ0n) is 10.4. The summed E-state index contributed by atoms with van der Waals surface area (Å²) in [7, 11) is 0. The largest absolute Gasteiger partial charge is 0.326 e. The molecule has 6 heteroatoms. The Labute approximate surface area is 105 Å². The molecule has 0 aliphatic heterocycles. The minimum absolute atomic E-state index is 0.0638. The van der Waals surface area contributed by atoms with Crippen LogP contribution in [-0.2, 0) is 19.6 Å². The van der Waals surface area contributed by atoms with E-state index in [-0.39, 0.29) is 12.1 Å². The van der Waals surface area contributed by atoms with Crippen molar-refractivity contribution in [3.8, 4) is 0 Å². The molecular weight excluding hydrogens is 230 g/mol. The van der Waals surface area contributed by atoms with E-state index in [1.165, 1.54) is 6.33 Å². The number of hydrogen-bond acceptors (Lipinski definition) is 4. The lowest BCUT2D eigenvalue weighted by atomic mass is 10.3. The molecule has 96 valence electrons. The SMILES string of the molecule is CCCn1ncnc1Cn1cccc(CN)c1=O. The van der Waals surface area contributed by atoms with Crippen LogP contribution in [0, 0.1) is 0 Å². The first-order valence-electron chi connectivity index (χ1n) is 6.01. The van der Waals surface area contributed by atoms with E-state index in [1.54, 1.807) is 16.8 Å². The minimum atomic E-state index is -0.0638. The quantitative estimate of drug-likeness (QED) is 0.827. The number of rotatable bonds is 5. The van der Waals surface area contributed by atoms with Crippen molar-refractivity contribution in [3.63, 3.8) is 0 Å². The molecule has 0 saturated carbocycles. The standard InChI is InChI=1S/C12H17N5O/c1-2-5-17-11(14-9-15-17)8-16-6-3-4-10(7-13)12(16)18/h3-4,6,9H,2,5,7-8,13H2,1H3. The van der Waals surface area contributed by atoms with Gasteiger partial charge in [0.2, 0.25) is 0 Å². The number of hydrogen-bond donors (Lipinski definition) is 1. The van der Waals surface area contributed by atoms with Crippen LogP contribution >= 0.6 is 0 Å². The molecule has 0 fully saturated rings. The highest BCUT2D eigenvalue weighted by Gasteiger charge is 2.07. The van der Waals surface area contributed by atoms with Crippen molar-refractivity contribution in [1.82, 2.24) is 19.3 Å². The number of aryl methyl sites for hydroxylation is 1. The van der Waals surface area contributed by atoms with Gasteiger partial charge in [-0.15, -0.1) is 0 Å². The molecule has 0 aromatic carbocycles. The first-order valence-corrected chi connectivity index (χ1v) is 6.01. The summed E-state index contributed by atoms with van der Waals surface area (Å²) in [6.45, 7) is 3.56. The molecule has 0 radical (unpaired) electrons. The van der Waals surface area contributed by atoms with Crippen molar-refractivity contribution in [3.05, 3.63) is 46.4 Å². The van der Waals surface area contributed by atoms with Crippen LogP contribution in [0.25, 0.3) is 0 Å². The maximum atomic E-state index is 12.0. The number of nitrogens with zero attached hydrogens (tertiary/aromatic N) is 4. The first kappa shape index (κ1) is 12.5. The number of aromatic nitrogens is 4. The number of nitrogens with two attached hydrogens (primary N) is 1. The van der Waals surface area contributed by atoms with Crippen LogP contribution in [0.1, 0.15) is 24.7 Å². The Kier molecular flexibility index (Phi) is 3.88. The monoisotopic (exact) mass is 247 g/mol. The van der Waals surface area contributed by atoms with Crippen LogP contribution in [0.3, 0.4) is 0 Å². The number of pyridine rings is 1. The minimum Gasteiger partial charge on any atom is -0.326 e. The van der Waals surface area contributed by atoms with Crippen LogP contribution < -0.4 is 11.3 Å². The zero-order chi connectivity index (χ0) is 13.0. The Balaban J connectivity index is 2.29. The van der Waals surface area contributed by atoms with E-state index >= 15 is 0 Å². The van der Waals surface area contributed by atoms with Gasteiger partial charge in [0.05, 0.1) is 6.54 Å². The van der Waals surface area contributed by atoms with Crippen LogP contribution in [0.2, 0.25) is 0 Å². The molecule has 0 aliphatic rings. The van der Waals surface area contributed by atoms with Gasteiger partial charge in [-0.05, 0) is 12.5 Å². The van der Waals surface area contributed by atoms with Gasteiger partial charge in [0.1, 0.15) is 12.2 Å². The zero-order valence-corrected chi connectivity index (χ0v) is 10.4. The van der Waals surface area contributed by atoms with E-state index in [1.807, 2.05) is 10.7 Å². The molecule has 2 aromatic heterocycles. The second-order valence-electron chi connectivity index (χ2n) is 4.07. The second kappa shape index (κ2) is 5.59. The maximum absolute atomic E-state index is 12.0. The van der Waals surface area contributed by atoms with Crippen LogP contribution in [0.5, 0.6) is 0 Å². The van der Waals surface area contributed by atoms with Crippen molar-refractivity contribution < 1.29 is 0 Å². The van der Waals surface area contributed by atoms with Gasteiger partial charge in [-0.3, -0.25) is 4.79 Å². The Morgan fingerprint density at radius 3 is 3.00 bits per heavy atom. The summed E-state index contributed by atoms with van der Waals surface area (Å²) in [6.07, 6.45) is 4.24. The van der Waals surface area contributed by atoms with Gasteiger partial charge in [0.15, 0.2) is 0 Å². The predicted molar refractivity (Wildman–Crippen MR) is 68.0 cm³/mol. The Hall–Kier alpha value is -1.95. The van der Waals surface area contributed by atoms with Gasteiger partial charge in [-0.25, -0.2) is 9.67 Å². The molecule has 0 saturated heterocycles. The molecule has 0 aliphatic carbocycles. The highest BCUT2D eigenvalue weighted by atomic mass is 16.1. The highest BCUT2D eigenvalue weighted by Crippen LogP contribution is 1.99. The van der Waals surface area contributed by atoms with Crippen molar-refractivity contribution in [2.24, 2.45) is 5.73 Å². The van der Waals surface area contributed by atoms with E-state index in [0.717, 1.165) is 18.8 Å².